The van der Waals surface area contributed by atoms with Crippen LogP contribution < -0.4 is 5.32 Å². The Morgan fingerprint density at radius 3 is 2.78 bits per heavy atom. The van der Waals surface area contributed by atoms with Crippen LogP contribution in [0.15, 0.2) is 53.7 Å². The number of anilines is 1. The molecule has 4 nitrogen and oxygen atoms in total. The minimum atomic E-state index is -3.16. The van der Waals surface area contributed by atoms with Gasteiger partial charge in [-0.3, -0.25) is 4.98 Å². The highest BCUT2D eigenvalue weighted by Gasteiger charge is 2.34. The molecule has 0 radical (unpaired) electrons. The SMILES string of the molecule is O=S1(=O)CC(Nc2cccnc2)c2ccccc21. The Hall–Kier alpha value is -1.88. The molecule has 1 unspecified atom stereocenters. The van der Waals surface area contributed by atoms with Crippen LogP contribution >= 0.6 is 0 Å². The van der Waals surface area contributed by atoms with Gasteiger partial charge in [-0.05, 0) is 23.8 Å². The lowest BCUT2D eigenvalue weighted by molar-refractivity contribution is 0.598. The maximum atomic E-state index is 12.0. The molecular formula is C13H12N2O2S. The van der Waals surface area contributed by atoms with Crippen LogP contribution in [0.25, 0.3) is 0 Å². The van der Waals surface area contributed by atoms with Crippen LogP contribution in [0.3, 0.4) is 0 Å². The summed E-state index contributed by atoms with van der Waals surface area (Å²) in [6, 6.07) is 10.6. The molecule has 18 heavy (non-hydrogen) atoms. The summed E-state index contributed by atoms with van der Waals surface area (Å²) in [6.07, 6.45) is 3.37. The number of rotatable bonds is 2. The summed E-state index contributed by atoms with van der Waals surface area (Å²) in [5.41, 5.74) is 1.66. The van der Waals surface area contributed by atoms with E-state index in [0.29, 0.717) is 4.90 Å². The van der Waals surface area contributed by atoms with Crippen LogP contribution in [0.1, 0.15) is 11.6 Å². The van der Waals surface area contributed by atoms with E-state index in [4.69, 9.17) is 0 Å². The summed E-state index contributed by atoms with van der Waals surface area (Å²) in [5.74, 6) is 0.0985. The summed E-state index contributed by atoms with van der Waals surface area (Å²) < 4.78 is 24.0. The Bertz CT molecular complexity index is 668. The largest absolute Gasteiger partial charge is 0.376 e. The van der Waals surface area contributed by atoms with Crippen molar-refractivity contribution in [2.75, 3.05) is 11.1 Å². The number of benzene rings is 1. The fraction of sp³-hybridized carbons (Fsp3) is 0.154. The van der Waals surface area contributed by atoms with Crippen LogP contribution in [0.2, 0.25) is 0 Å². The third-order valence-electron chi connectivity index (χ3n) is 3.02. The van der Waals surface area contributed by atoms with Gasteiger partial charge in [0, 0.05) is 12.4 Å². The molecule has 1 aliphatic rings. The molecule has 92 valence electrons. The fourth-order valence-corrected chi connectivity index (χ4v) is 3.96. The number of aromatic nitrogens is 1. The summed E-state index contributed by atoms with van der Waals surface area (Å²) in [7, 11) is -3.16. The van der Waals surface area contributed by atoms with Crippen LogP contribution in [-0.2, 0) is 9.84 Å². The average Bonchev–Trinajstić information content (AvgIpc) is 2.63. The zero-order chi connectivity index (χ0) is 12.6. The van der Waals surface area contributed by atoms with Crippen molar-refractivity contribution in [3.8, 4) is 0 Å². The molecule has 2 aromatic rings. The molecule has 0 spiro atoms. The van der Waals surface area contributed by atoms with Gasteiger partial charge in [0.1, 0.15) is 0 Å². The summed E-state index contributed by atoms with van der Waals surface area (Å²) in [4.78, 5) is 4.44. The first-order valence-corrected chi connectivity index (χ1v) is 7.30. The van der Waals surface area contributed by atoms with Crippen molar-refractivity contribution in [1.29, 1.82) is 0 Å². The van der Waals surface area contributed by atoms with Crippen molar-refractivity contribution < 1.29 is 8.42 Å². The molecule has 2 heterocycles. The molecule has 0 aliphatic carbocycles. The van der Waals surface area contributed by atoms with Crippen molar-refractivity contribution >= 4 is 15.5 Å². The third kappa shape index (κ3) is 1.86. The molecule has 1 N–H and O–H groups in total. The van der Waals surface area contributed by atoms with E-state index in [1.54, 1.807) is 24.5 Å². The molecule has 0 saturated heterocycles. The number of nitrogens with one attached hydrogen (secondary N) is 1. The predicted molar refractivity (Wildman–Crippen MR) is 69.1 cm³/mol. The quantitative estimate of drug-likeness (QED) is 0.897. The topological polar surface area (TPSA) is 59.1 Å². The molecule has 1 aliphatic heterocycles. The van der Waals surface area contributed by atoms with Gasteiger partial charge in [-0.1, -0.05) is 18.2 Å². The van der Waals surface area contributed by atoms with Crippen molar-refractivity contribution in [1.82, 2.24) is 4.98 Å². The van der Waals surface area contributed by atoms with Gasteiger partial charge >= 0.3 is 0 Å². The maximum Gasteiger partial charge on any atom is 0.181 e. The Morgan fingerprint density at radius 2 is 2.00 bits per heavy atom. The molecule has 0 fully saturated rings. The van der Waals surface area contributed by atoms with Gasteiger partial charge in [-0.2, -0.15) is 0 Å². The smallest absolute Gasteiger partial charge is 0.181 e. The van der Waals surface area contributed by atoms with Crippen LogP contribution in [0.4, 0.5) is 5.69 Å². The molecular weight excluding hydrogens is 248 g/mol. The summed E-state index contributed by atoms with van der Waals surface area (Å²) in [5, 5.41) is 3.21. The second-order valence-electron chi connectivity index (χ2n) is 4.26. The van der Waals surface area contributed by atoms with E-state index in [1.807, 2.05) is 24.3 Å². The lowest BCUT2D eigenvalue weighted by Gasteiger charge is -2.13. The van der Waals surface area contributed by atoms with Gasteiger partial charge in [-0.15, -0.1) is 0 Å². The normalized spacial score (nSPS) is 20.3. The third-order valence-corrected chi connectivity index (χ3v) is 4.83. The number of sulfone groups is 1. The lowest BCUT2D eigenvalue weighted by Crippen LogP contribution is -2.12. The van der Waals surface area contributed by atoms with E-state index in [9.17, 15) is 8.42 Å². The Balaban J connectivity index is 1.97. The zero-order valence-corrected chi connectivity index (χ0v) is 10.4. The van der Waals surface area contributed by atoms with Crippen molar-refractivity contribution in [2.45, 2.75) is 10.9 Å². The van der Waals surface area contributed by atoms with Gasteiger partial charge < -0.3 is 5.32 Å². The summed E-state index contributed by atoms with van der Waals surface area (Å²) in [6.45, 7) is 0. The van der Waals surface area contributed by atoms with Crippen LogP contribution in [0, 0.1) is 0 Å². The van der Waals surface area contributed by atoms with Crippen LogP contribution in [-0.4, -0.2) is 19.2 Å². The van der Waals surface area contributed by atoms with Crippen LogP contribution in [0.5, 0.6) is 0 Å². The van der Waals surface area contributed by atoms with E-state index in [1.165, 1.54) is 0 Å². The van der Waals surface area contributed by atoms with Gasteiger partial charge in [0.15, 0.2) is 9.84 Å². The van der Waals surface area contributed by atoms with Gasteiger partial charge in [-0.25, -0.2) is 8.42 Å². The summed E-state index contributed by atoms with van der Waals surface area (Å²) >= 11 is 0. The standard InChI is InChI=1S/C13H12N2O2S/c16-18(17)9-12(11-5-1-2-6-13(11)18)15-10-4-3-7-14-8-10/h1-8,12,15H,9H2. The zero-order valence-electron chi connectivity index (χ0n) is 9.58. The number of pyridine rings is 1. The molecule has 5 heteroatoms. The lowest BCUT2D eigenvalue weighted by atomic mass is 10.1. The number of hydrogen-bond donors (Lipinski definition) is 1. The first-order chi connectivity index (χ1) is 8.67. The van der Waals surface area contributed by atoms with Crippen molar-refractivity contribution in [3.05, 3.63) is 54.4 Å². The highest BCUT2D eigenvalue weighted by molar-refractivity contribution is 7.91. The molecule has 1 aromatic carbocycles. The van der Waals surface area contributed by atoms with E-state index < -0.39 is 9.84 Å². The number of hydrogen-bond acceptors (Lipinski definition) is 4. The van der Waals surface area contributed by atoms with Crippen molar-refractivity contribution in [3.63, 3.8) is 0 Å². The molecule has 0 amide bonds. The van der Waals surface area contributed by atoms with Crippen molar-refractivity contribution in [2.24, 2.45) is 0 Å². The van der Waals surface area contributed by atoms with Gasteiger partial charge in [0.2, 0.25) is 0 Å². The van der Waals surface area contributed by atoms with E-state index in [2.05, 4.69) is 10.3 Å². The molecule has 1 atom stereocenters. The Labute approximate surface area is 106 Å². The highest BCUT2D eigenvalue weighted by Crippen LogP contribution is 2.34. The molecule has 0 bridgehead atoms. The van der Waals surface area contributed by atoms with Gasteiger partial charge in [0.25, 0.3) is 0 Å². The average molecular weight is 260 g/mol. The van der Waals surface area contributed by atoms with Gasteiger partial charge in [0.05, 0.1) is 22.4 Å². The van der Waals surface area contributed by atoms with E-state index >= 15 is 0 Å². The Morgan fingerprint density at radius 1 is 1.17 bits per heavy atom. The number of nitrogens with zero attached hydrogens (tertiary/aromatic N) is 1. The first-order valence-electron chi connectivity index (χ1n) is 5.65. The maximum absolute atomic E-state index is 12.0. The molecule has 1 aromatic heterocycles. The second-order valence-corrected chi connectivity index (χ2v) is 6.26. The number of fused-ring (bicyclic) bond motifs is 1. The van der Waals surface area contributed by atoms with E-state index in [-0.39, 0.29) is 11.8 Å². The van der Waals surface area contributed by atoms with E-state index in [0.717, 1.165) is 11.3 Å². The molecule has 0 saturated carbocycles. The minimum absolute atomic E-state index is 0.0985. The second kappa shape index (κ2) is 4.10. The first kappa shape index (κ1) is 11.2. The predicted octanol–water partition coefficient (Wildman–Crippen LogP) is 2.02. The minimum Gasteiger partial charge on any atom is -0.376 e. The molecule has 3 rings (SSSR count). The monoisotopic (exact) mass is 260 g/mol. The fourth-order valence-electron chi connectivity index (χ4n) is 2.22. The highest BCUT2D eigenvalue weighted by atomic mass is 32.2. The Kier molecular flexibility index (Phi) is 2.56.